The second kappa shape index (κ2) is 10.7. The first-order valence-corrected chi connectivity index (χ1v) is 12.2. The molecular weight excluding hydrogens is 473 g/mol. The molecule has 0 radical (unpaired) electrons. The van der Waals surface area contributed by atoms with Gasteiger partial charge in [0.25, 0.3) is 0 Å². The minimum Gasteiger partial charge on any atom is -0.378 e. The van der Waals surface area contributed by atoms with Crippen LogP contribution < -0.4 is 10.6 Å². The van der Waals surface area contributed by atoms with Crippen LogP contribution in [-0.4, -0.2) is 63.6 Å². The zero-order chi connectivity index (χ0) is 24.2. The van der Waals surface area contributed by atoms with Gasteiger partial charge in [-0.3, -0.25) is 4.79 Å². The van der Waals surface area contributed by atoms with Crippen molar-refractivity contribution < 1.29 is 13.9 Å². The monoisotopic (exact) mass is 499 g/mol. The Labute approximate surface area is 207 Å². The molecule has 2 aromatic heterocycles. The Balaban J connectivity index is 1.19. The first-order valence-electron chi connectivity index (χ1n) is 11.9. The highest BCUT2D eigenvalue weighted by atomic mass is 35.5. The van der Waals surface area contributed by atoms with Gasteiger partial charge >= 0.3 is 0 Å². The van der Waals surface area contributed by atoms with E-state index in [1.165, 1.54) is 18.5 Å². The maximum absolute atomic E-state index is 13.5. The molecule has 1 aromatic carbocycles. The average Bonchev–Trinajstić information content (AvgIpc) is 2.90. The van der Waals surface area contributed by atoms with Gasteiger partial charge in [-0.2, -0.15) is 0 Å². The van der Waals surface area contributed by atoms with E-state index in [0.29, 0.717) is 60.7 Å². The number of morpholine rings is 1. The Morgan fingerprint density at radius 2 is 1.94 bits per heavy atom. The maximum atomic E-state index is 13.5. The van der Waals surface area contributed by atoms with Crippen LogP contribution in [0.15, 0.2) is 30.7 Å². The number of fused-ring (bicyclic) bond motifs is 1. The second-order valence-electron chi connectivity index (χ2n) is 8.94. The van der Waals surface area contributed by atoms with Gasteiger partial charge in [0.15, 0.2) is 5.82 Å². The van der Waals surface area contributed by atoms with Gasteiger partial charge in [-0.05, 0) is 49.8 Å². The van der Waals surface area contributed by atoms with E-state index in [1.807, 2.05) is 4.90 Å². The van der Waals surface area contributed by atoms with Crippen LogP contribution in [0, 0.1) is 17.7 Å². The molecule has 5 rings (SSSR count). The first kappa shape index (κ1) is 23.6. The molecule has 35 heavy (non-hydrogen) atoms. The van der Waals surface area contributed by atoms with Gasteiger partial charge in [-0.15, -0.1) is 0 Å². The van der Waals surface area contributed by atoms with E-state index in [-0.39, 0.29) is 16.8 Å². The molecule has 9 nitrogen and oxygen atoms in total. The van der Waals surface area contributed by atoms with E-state index < -0.39 is 5.82 Å². The quantitative estimate of drug-likeness (QED) is 0.523. The fraction of sp³-hybridized carbons (Fsp3) is 0.458. The number of carbonyl (C=O) groups is 1. The number of halogens is 2. The number of nitrogens with one attached hydrogen (secondary N) is 2. The number of hydrogen-bond acceptors (Lipinski definition) is 8. The molecule has 0 unspecified atom stereocenters. The van der Waals surface area contributed by atoms with Gasteiger partial charge in [0.05, 0.1) is 24.4 Å². The van der Waals surface area contributed by atoms with Gasteiger partial charge in [0.1, 0.15) is 23.2 Å². The van der Waals surface area contributed by atoms with Gasteiger partial charge in [0, 0.05) is 31.2 Å². The summed E-state index contributed by atoms with van der Waals surface area (Å²) in [5.74, 6) is 1.32. The molecule has 0 spiro atoms. The number of aromatic nitrogens is 4. The lowest BCUT2D eigenvalue weighted by Gasteiger charge is -2.34. The molecule has 2 N–H and O–H groups in total. The van der Waals surface area contributed by atoms with Crippen molar-refractivity contribution in [2.45, 2.75) is 25.7 Å². The average molecular weight is 500 g/mol. The smallest absolute Gasteiger partial charge is 0.225 e. The summed E-state index contributed by atoms with van der Waals surface area (Å²) in [6, 6.07) is 4.36. The van der Waals surface area contributed by atoms with E-state index >= 15 is 0 Å². The minimum absolute atomic E-state index is 0.0201. The summed E-state index contributed by atoms with van der Waals surface area (Å²) in [5.41, 5.74) is 1.72. The Morgan fingerprint density at radius 1 is 1.14 bits per heavy atom. The van der Waals surface area contributed by atoms with E-state index in [1.54, 1.807) is 12.3 Å². The summed E-state index contributed by atoms with van der Waals surface area (Å²) in [4.78, 5) is 32.2. The molecule has 1 saturated carbocycles. The van der Waals surface area contributed by atoms with Gasteiger partial charge < -0.3 is 20.3 Å². The highest BCUT2D eigenvalue weighted by molar-refractivity contribution is 6.31. The SMILES string of the molecule is O=C([C@H]1CC[C@H](CNc2ncc3ncnc(Nc4ccc(F)c(Cl)c4)c3n2)CC1)N1CCOCC1. The molecular formula is C24H27ClFN7O2. The largest absolute Gasteiger partial charge is 0.378 e. The molecule has 1 aliphatic heterocycles. The van der Waals surface area contributed by atoms with E-state index in [4.69, 9.17) is 16.3 Å². The van der Waals surface area contributed by atoms with Crippen molar-refractivity contribution in [1.29, 1.82) is 0 Å². The predicted molar refractivity (Wildman–Crippen MR) is 131 cm³/mol. The molecule has 1 amide bonds. The Kier molecular flexibility index (Phi) is 7.19. The van der Waals surface area contributed by atoms with Gasteiger partial charge in [-0.1, -0.05) is 11.6 Å². The molecule has 0 atom stereocenters. The van der Waals surface area contributed by atoms with Crippen molar-refractivity contribution >= 4 is 46.0 Å². The topological polar surface area (TPSA) is 105 Å². The van der Waals surface area contributed by atoms with E-state index in [2.05, 4.69) is 30.6 Å². The number of rotatable bonds is 6. The summed E-state index contributed by atoms with van der Waals surface area (Å²) >= 11 is 5.89. The van der Waals surface area contributed by atoms with Crippen LogP contribution in [0.5, 0.6) is 0 Å². The van der Waals surface area contributed by atoms with Crippen LogP contribution in [0.1, 0.15) is 25.7 Å². The number of ether oxygens (including phenoxy) is 1. The Morgan fingerprint density at radius 3 is 2.71 bits per heavy atom. The zero-order valence-corrected chi connectivity index (χ0v) is 20.0. The van der Waals surface area contributed by atoms with E-state index in [0.717, 1.165) is 32.2 Å². The van der Waals surface area contributed by atoms with Crippen LogP contribution in [-0.2, 0) is 9.53 Å². The van der Waals surface area contributed by atoms with Crippen LogP contribution >= 0.6 is 11.6 Å². The highest BCUT2D eigenvalue weighted by Crippen LogP contribution is 2.31. The zero-order valence-electron chi connectivity index (χ0n) is 19.2. The molecule has 3 heterocycles. The highest BCUT2D eigenvalue weighted by Gasteiger charge is 2.30. The molecule has 1 saturated heterocycles. The van der Waals surface area contributed by atoms with Crippen LogP contribution in [0.3, 0.4) is 0 Å². The Hall–Kier alpha value is -3.11. The summed E-state index contributed by atoms with van der Waals surface area (Å²) < 4.78 is 18.8. The van der Waals surface area contributed by atoms with Crippen molar-refractivity contribution in [3.05, 3.63) is 41.6 Å². The number of amides is 1. The van der Waals surface area contributed by atoms with Crippen molar-refractivity contribution in [2.75, 3.05) is 43.5 Å². The lowest BCUT2D eigenvalue weighted by molar-refractivity contribution is -0.140. The minimum atomic E-state index is -0.488. The number of benzene rings is 1. The lowest BCUT2D eigenvalue weighted by atomic mass is 9.81. The van der Waals surface area contributed by atoms with Crippen molar-refractivity contribution in [1.82, 2.24) is 24.8 Å². The summed E-state index contributed by atoms with van der Waals surface area (Å²) in [5, 5.41) is 6.48. The third-order valence-corrected chi connectivity index (χ3v) is 6.92. The standard InChI is InChI=1S/C24H27ClFN7O2/c25-18-11-17(5-6-19(18)26)31-22-21-20(29-14-30-22)13-28-24(32-21)27-12-15-1-3-16(4-2-15)23(34)33-7-9-35-10-8-33/h5-6,11,13-16H,1-4,7-10,12H2,(H,27,28,32)(H,29,30,31)/t15-,16-. The summed E-state index contributed by atoms with van der Waals surface area (Å²) in [6.45, 7) is 3.41. The number of nitrogens with zero attached hydrogens (tertiary/aromatic N) is 5. The molecule has 184 valence electrons. The number of carbonyl (C=O) groups excluding carboxylic acids is 1. The summed E-state index contributed by atoms with van der Waals surface area (Å²) in [6.07, 6.45) is 6.85. The number of hydrogen-bond donors (Lipinski definition) is 2. The number of anilines is 3. The predicted octanol–water partition coefficient (Wildman–Crippen LogP) is 4.03. The van der Waals surface area contributed by atoms with Crippen molar-refractivity contribution in [3.63, 3.8) is 0 Å². The van der Waals surface area contributed by atoms with Crippen molar-refractivity contribution in [3.8, 4) is 0 Å². The molecule has 2 fully saturated rings. The molecule has 0 bridgehead atoms. The lowest BCUT2D eigenvalue weighted by Crippen LogP contribution is -2.44. The third kappa shape index (κ3) is 5.59. The van der Waals surface area contributed by atoms with Gasteiger partial charge in [-0.25, -0.2) is 24.3 Å². The molecule has 3 aromatic rings. The van der Waals surface area contributed by atoms with Crippen LogP contribution in [0.4, 0.5) is 21.8 Å². The molecule has 11 heteroatoms. The van der Waals surface area contributed by atoms with E-state index in [9.17, 15) is 9.18 Å². The summed E-state index contributed by atoms with van der Waals surface area (Å²) in [7, 11) is 0. The maximum Gasteiger partial charge on any atom is 0.225 e. The van der Waals surface area contributed by atoms with Crippen LogP contribution in [0.25, 0.3) is 11.0 Å². The van der Waals surface area contributed by atoms with Gasteiger partial charge in [0.2, 0.25) is 11.9 Å². The fourth-order valence-electron chi connectivity index (χ4n) is 4.63. The third-order valence-electron chi connectivity index (χ3n) is 6.63. The van der Waals surface area contributed by atoms with Crippen molar-refractivity contribution in [2.24, 2.45) is 11.8 Å². The fourth-order valence-corrected chi connectivity index (χ4v) is 4.81. The second-order valence-corrected chi connectivity index (χ2v) is 9.35. The molecule has 2 aliphatic rings. The van der Waals surface area contributed by atoms with Crippen LogP contribution in [0.2, 0.25) is 5.02 Å². The first-order chi connectivity index (χ1) is 17.1. The normalized spacial score (nSPS) is 20.6. The molecule has 1 aliphatic carbocycles. The Bertz CT molecular complexity index is 1200.